The number of benzene rings is 1. The third-order valence-corrected chi connectivity index (χ3v) is 4.39. The maximum atomic E-state index is 12.3. The van der Waals surface area contributed by atoms with Gasteiger partial charge in [-0.25, -0.2) is 8.42 Å². The fourth-order valence-electron chi connectivity index (χ4n) is 1.72. The minimum atomic E-state index is -3.70. The molecule has 0 spiro atoms. The smallest absolute Gasteiger partial charge is 0.192 e. The van der Waals surface area contributed by atoms with Crippen LogP contribution in [0.2, 0.25) is 0 Å². The van der Waals surface area contributed by atoms with Gasteiger partial charge < -0.3 is 9.15 Å². The highest BCUT2D eigenvalue weighted by Crippen LogP contribution is 2.19. The molecule has 108 valence electrons. The number of furan rings is 1. The number of ether oxygens (including phenoxy) is 1. The van der Waals surface area contributed by atoms with Gasteiger partial charge in [0, 0.05) is 5.56 Å². The van der Waals surface area contributed by atoms with Gasteiger partial charge in [-0.1, -0.05) is 12.1 Å². The summed E-state index contributed by atoms with van der Waals surface area (Å²) in [4.78, 5) is -0.292. The van der Waals surface area contributed by atoms with Crippen molar-refractivity contribution in [2.45, 2.75) is 5.75 Å². The summed E-state index contributed by atoms with van der Waals surface area (Å²) in [5.41, 5.74) is 1.12. The van der Waals surface area contributed by atoms with E-state index in [-0.39, 0.29) is 10.7 Å². The minimum Gasteiger partial charge on any atom is -0.497 e. The predicted octanol–water partition coefficient (Wildman–Crippen LogP) is 2.77. The Morgan fingerprint density at radius 2 is 2.05 bits per heavy atom. The van der Waals surface area contributed by atoms with Crippen molar-refractivity contribution in [1.82, 2.24) is 0 Å². The molecule has 2 rings (SSSR count). The Labute approximate surface area is 123 Å². The summed E-state index contributed by atoms with van der Waals surface area (Å²) in [6.07, 6.45) is 4.08. The molecule has 0 amide bonds. The second-order valence-corrected chi connectivity index (χ2v) is 6.24. The van der Waals surface area contributed by atoms with Crippen LogP contribution in [-0.2, 0) is 15.6 Å². The van der Waals surface area contributed by atoms with Crippen LogP contribution in [0.25, 0.3) is 6.08 Å². The van der Waals surface area contributed by atoms with Gasteiger partial charge in [0.15, 0.2) is 9.84 Å². The van der Waals surface area contributed by atoms with Crippen molar-refractivity contribution in [2.24, 2.45) is 0 Å². The molecule has 0 bridgehead atoms. The first-order valence-electron chi connectivity index (χ1n) is 6.05. The van der Waals surface area contributed by atoms with E-state index in [2.05, 4.69) is 0 Å². The molecular formula is C15H13NO4S. The molecule has 1 heterocycles. The molecule has 0 radical (unpaired) electrons. The second-order valence-electron chi connectivity index (χ2n) is 4.28. The lowest BCUT2D eigenvalue weighted by atomic mass is 10.2. The molecule has 0 aliphatic heterocycles. The molecule has 2 aromatic rings. The van der Waals surface area contributed by atoms with E-state index in [0.717, 1.165) is 0 Å². The van der Waals surface area contributed by atoms with Gasteiger partial charge in [-0.05, 0) is 29.8 Å². The van der Waals surface area contributed by atoms with Crippen molar-refractivity contribution in [3.63, 3.8) is 0 Å². The van der Waals surface area contributed by atoms with Crippen molar-refractivity contribution in [3.8, 4) is 11.8 Å². The van der Waals surface area contributed by atoms with E-state index in [4.69, 9.17) is 14.4 Å². The van der Waals surface area contributed by atoms with Gasteiger partial charge in [0.2, 0.25) is 0 Å². The number of methoxy groups -OCH3 is 1. The van der Waals surface area contributed by atoms with Crippen molar-refractivity contribution in [2.75, 3.05) is 7.11 Å². The lowest BCUT2D eigenvalue weighted by molar-refractivity contribution is 0.414. The fourth-order valence-corrected chi connectivity index (χ4v) is 2.96. The van der Waals surface area contributed by atoms with Gasteiger partial charge in [0.1, 0.15) is 16.7 Å². The van der Waals surface area contributed by atoms with Crippen LogP contribution in [0.4, 0.5) is 0 Å². The van der Waals surface area contributed by atoms with Gasteiger partial charge >= 0.3 is 0 Å². The highest BCUT2D eigenvalue weighted by atomic mass is 32.2. The van der Waals surface area contributed by atoms with E-state index in [0.29, 0.717) is 16.9 Å². The van der Waals surface area contributed by atoms with Crippen LogP contribution >= 0.6 is 0 Å². The zero-order valence-corrected chi connectivity index (χ0v) is 12.1. The molecule has 21 heavy (non-hydrogen) atoms. The SMILES string of the molecule is COc1ccc(CS(=O)(=O)/C(C#N)=C\c2ccoc2)cc1. The van der Waals surface area contributed by atoms with Crippen molar-refractivity contribution >= 4 is 15.9 Å². The zero-order chi connectivity index (χ0) is 15.3. The van der Waals surface area contributed by atoms with E-state index in [9.17, 15) is 8.42 Å². The predicted molar refractivity (Wildman–Crippen MR) is 77.9 cm³/mol. The van der Waals surface area contributed by atoms with Crippen molar-refractivity contribution in [1.29, 1.82) is 5.26 Å². The van der Waals surface area contributed by atoms with Crippen LogP contribution in [0.5, 0.6) is 5.75 Å². The van der Waals surface area contributed by atoms with Gasteiger partial charge in [0.25, 0.3) is 0 Å². The zero-order valence-electron chi connectivity index (χ0n) is 11.3. The lowest BCUT2D eigenvalue weighted by Crippen LogP contribution is -2.06. The van der Waals surface area contributed by atoms with Crippen molar-refractivity contribution < 1.29 is 17.6 Å². The van der Waals surface area contributed by atoms with Gasteiger partial charge in [-0.15, -0.1) is 0 Å². The summed E-state index contributed by atoms with van der Waals surface area (Å²) in [5, 5.41) is 9.07. The number of hydrogen-bond acceptors (Lipinski definition) is 5. The second kappa shape index (κ2) is 6.29. The molecule has 0 aliphatic rings. The van der Waals surface area contributed by atoms with Crippen LogP contribution in [0.1, 0.15) is 11.1 Å². The summed E-state index contributed by atoms with van der Waals surface area (Å²) in [6.45, 7) is 0. The van der Waals surface area contributed by atoms with E-state index in [1.807, 2.05) is 0 Å². The summed E-state index contributed by atoms with van der Waals surface area (Å²) < 4.78 is 34.4. The molecule has 0 saturated carbocycles. The number of nitrogens with zero attached hydrogens (tertiary/aromatic N) is 1. The normalized spacial score (nSPS) is 11.9. The third-order valence-electron chi connectivity index (χ3n) is 2.80. The molecule has 6 heteroatoms. The topological polar surface area (TPSA) is 80.3 Å². The molecule has 5 nitrogen and oxygen atoms in total. The first kappa shape index (κ1) is 14.9. The first-order chi connectivity index (χ1) is 10.0. The molecule has 1 aromatic heterocycles. The van der Waals surface area contributed by atoms with Gasteiger partial charge in [0.05, 0.1) is 25.4 Å². The van der Waals surface area contributed by atoms with Gasteiger partial charge in [-0.2, -0.15) is 5.26 Å². The summed E-state index contributed by atoms with van der Waals surface area (Å²) in [7, 11) is -2.17. The average Bonchev–Trinajstić information content (AvgIpc) is 2.98. The summed E-state index contributed by atoms with van der Waals surface area (Å²) in [6, 6.07) is 9.98. The Morgan fingerprint density at radius 3 is 2.57 bits per heavy atom. The van der Waals surface area contributed by atoms with E-state index < -0.39 is 9.84 Å². The Morgan fingerprint density at radius 1 is 1.33 bits per heavy atom. The largest absolute Gasteiger partial charge is 0.497 e. The van der Waals surface area contributed by atoms with E-state index in [1.54, 1.807) is 36.4 Å². The highest BCUT2D eigenvalue weighted by molar-refractivity contribution is 7.95. The Kier molecular flexibility index (Phi) is 4.45. The number of hydrogen-bond donors (Lipinski definition) is 0. The molecule has 0 aliphatic carbocycles. The van der Waals surface area contributed by atoms with Crippen LogP contribution in [0.3, 0.4) is 0 Å². The summed E-state index contributed by atoms with van der Waals surface area (Å²) in [5.74, 6) is 0.402. The van der Waals surface area contributed by atoms with Crippen molar-refractivity contribution in [3.05, 3.63) is 58.9 Å². The van der Waals surface area contributed by atoms with E-state index in [1.165, 1.54) is 25.7 Å². The lowest BCUT2D eigenvalue weighted by Gasteiger charge is -2.04. The van der Waals surface area contributed by atoms with Crippen LogP contribution in [-0.4, -0.2) is 15.5 Å². The van der Waals surface area contributed by atoms with Gasteiger partial charge in [-0.3, -0.25) is 0 Å². The third kappa shape index (κ3) is 3.74. The molecular weight excluding hydrogens is 290 g/mol. The molecule has 0 atom stereocenters. The number of rotatable bonds is 5. The van der Waals surface area contributed by atoms with E-state index >= 15 is 0 Å². The number of sulfone groups is 1. The minimum absolute atomic E-state index is 0.242. The Balaban J connectivity index is 2.26. The standard InChI is InChI=1S/C15H13NO4S/c1-19-14-4-2-12(3-5-14)11-21(17,18)15(9-16)8-13-6-7-20-10-13/h2-8,10H,11H2,1H3/b15-8-. The molecule has 1 aromatic carbocycles. The van der Waals surface area contributed by atoms with Crippen LogP contribution in [0.15, 0.2) is 52.2 Å². The monoisotopic (exact) mass is 303 g/mol. The van der Waals surface area contributed by atoms with Crippen LogP contribution in [0, 0.1) is 11.3 Å². The number of nitriles is 1. The molecule has 0 unspecified atom stereocenters. The molecule has 0 N–H and O–H groups in total. The quantitative estimate of drug-likeness (QED) is 0.793. The fraction of sp³-hybridized carbons (Fsp3) is 0.133. The molecule has 0 saturated heterocycles. The van der Waals surface area contributed by atoms with Crippen LogP contribution < -0.4 is 4.74 Å². The summed E-state index contributed by atoms with van der Waals surface area (Å²) >= 11 is 0. The highest BCUT2D eigenvalue weighted by Gasteiger charge is 2.18. The first-order valence-corrected chi connectivity index (χ1v) is 7.70. The maximum Gasteiger partial charge on any atom is 0.192 e. The Bertz CT molecular complexity index is 766. The average molecular weight is 303 g/mol. The Hall–Kier alpha value is -2.52. The molecule has 0 fully saturated rings. The number of allylic oxidation sites excluding steroid dienone is 1. The maximum absolute atomic E-state index is 12.3.